The van der Waals surface area contributed by atoms with Gasteiger partial charge in [-0.15, -0.1) is 0 Å². The van der Waals surface area contributed by atoms with E-state index in [0.717, 1.165) is 0 Å². The first-order chi connectivity index (χ1) is 9.25. The normalized spacial score (nSPS) is 12.7. The first-order valence-electron chi connectivity index (χ1n) is 5.79. The van der Waals surface area contributed by atoms with Crippen molar-refractivity contribution in [2.75, 3.05) is 13.7 Å². The van der Waals surface area contributed by atoms with Crippen LogP contribution in [0.2, 0.25) is 0 Å². The molecule has 0 aromatic heterocycles. The number of nitrogens with one attached hydrogen (secondary N) is 1. The van der Waals surface area contributed by atoms with E-state index in [1.807, 2.05) is 0 Å². The number of hydrogen-bond acceptors (Lipinski definition) is 3. The van der Waals surface area contributed by atoms with Crippen LogP contribution in [0.3, 0.4) is 0 Å². The maximum atomic E-state index is 12.0. The van der Waals surface area contributed by atoms with Crippen LogP contribution in [0.5, 0.6) is 0 Å². The molecule has 0 aliphatic carbocycles. The Kier molecular flexibility index (Phi) is 5.12. The number of ether oxygens (including phenoxy) is 1. The summed E-state index contributed by atoms with van der Waals surface area (Å²) in [5.41, 5.74) is 0.939. The fourth-order valence-corrected chi connectivity index (χ4v) is 1.55. The second kappa shape index (κ2) is 6.40. The lowest BCUT2D eigenvalue weighted by molar-refractivity contribution is -0.173. The molecule has 1 atom stereocenters. The third kappa shape index (κ3) is 4.25. The van der Waals surface area contributed by atoms with Gasteiger partial charge in [0.25, 0.3) is 0 Å². The molecule has 0 aliphatic heterocycles. The maximum absolute atomic E-state index is 12.0. The van der Waals surface area contributed by atoms with E-state index >= 15 is 0 Å². The van der Waals surface area contributed by atoms with E-state index in [4.69, 9.17) is 0 Å². The minimum absolute atomic E-state index is 0.178. The fraction of sp³-hybridized carbons (Fsp3) is 0.385. The molecule has 0 spiro atoms. The van der Waals surface area contributed by atoms with E-state index in [2.05, 4.69) is 4.74 Å². The molecule has 1 N–H and O–H groups in total. The number of carbonyl (C=O) groups excluding carboxylic acids is 2. The molecule has 0 radical (unpaired) electrons. The lowest BCUT2D eigenvalue weighted by atomic mass is 9.99. The highest BCUT2D eigenvalue weighted by Gasteiger charge is 2.38. The predicted octanol–water partition coefficient (Wildman–Crippen LogP) is 2.26. The molecule has 0 fully saturated rings. The Hall–Kier alpha value is -2.05. The van der Waals surface area contributed by atoms with Gasteiger partial charge in [0.15, 0.2) is 0 Å². The average molecular weight is 289 g/mol. The molecular weight excluding hydrogens is 275 g/mol. The first-order valence-corrected chi connectivity index (χ1v) is 5.79. The molecule has 110 valence electrons. The molecule has 7 heteroatoms. The zero-order valence-corrected chi connectivity index (χ0v) is 11.0. The van der Waals surface area contributed by atoms with Crippen molar-refractivity contribution in [2.24, 2.45) is 0 Å². The second-order valence-corrected chi connectivity index (χ2v) is 4.23. The van der Waals surface area contributed by atoms with Gasteiger partial charge >= 0.3 is 18.1 Å². The predicted molar refractivity (Wildman–Crippen MR) is 65.3 cm³/mol. The molecule has 0 saturated heterocycles. The van der Waals surface area contributed by atoms with E-state index in [1.165, 1.54) is 19.2 Å². The summed E-state index contributed by atoms with van der Waals surface area (Å²) in [7, 11) is 1.24. The molecule has 4 nitrogen and oxygen atoms in total. The summed E-state index contributed by atoms with van der Waals surface area (Å²) in [4.78, 5) is 22.1. The molecule has 0 heterocycles. The van der Waals surface area contributed by atoms with Crippen LogP contribution in [0.1, 0.15) is 28.8 Å². The minimum Gasteiger partial charge on any atom is -0.465 e. The van der Waals surface area contributed by atoms with Gasteiger partial charge < -0.3 is 10.1 Å². The summed E-state index contributed by atoms with van der Waals surface area (Å²) < 4.78 is 40.7. The number of amides is 1. The van der Waals surface area contributed by atoms with Gasteiger partial charge in [-0.25, -0.2) is 4.79 Å². The average Bonchev–Trinajstić information content (AvgIpc) is 2.42. The Balaban J connectivity index is 2.71. The number of esters is 1. The van der Waals surface area contributed by atoms with Crippen LogP contribution in [0, 0.1) is 0 Å². The van der Waals surface area contributed by atoms with Crippen LogP contribution in [0.25, 0.3) is 0 Å². The monoisotopic (exact) mass is 289 g/mol. The van der Waals surface area contributed by atoms with E-state index in [9.17, 15) is 22.8 Å². The lowest BCUT2D eigenvalue weighted by Gasteiger charge is -2.14. The van der Waals surface area contributed by atoms with Crippen LogP contribution in [0.15, 0.2) is 24.3 Å². The molecular formula is C13H14F3NO3. The van der Waals surface area contributed by atoms with E-state index < -0.39 is 18.1 Å². The highest BCUT2D eigenvalue weighted by molar-refractivity contribution is 5.89. The molecule has 1 rings (SSSR count). The molecule has 1 unspecified atom stereocenters. The highest BCUT2D eigenvalue weighted by atomic mass is 19.4. The number of rotatable bonds is 4. The van der Waals surface area contributed by atoms with E-state index in [1.54, 1.807) is 24.4 Å². The topological polar surface area (TPSA) is 55.4 Å². The molecule has 1 aromatic rings. The number of halogens is 3. The summed E-state index contributed by atoms with van der Waals surface area (Å²) in [5.74, 6) is -2.88. The van der Waals surface area contributed by atoms with Crippen molar-refractivity contribution in [2.45, 2.75) is 19.0 Å². The van der Waals surface area contributed by atoms with Crippen LogP contribution in [-0.2, 0) is 9.53 Å². The fourth-order valence-electron chi connectivity index (χ4n) is 1.55. The maximum Gasteiger partial charge on any atom is 0.471 e. The molecule has 1 amide bonds. The van der Waals surface area contributed by atoms with Crippen molar-refractivity contribution in [3.63, 3.8) is 0 Å². The summed E-state index contributed by atoms with van der Waals surface area (Å²) in [6.07, 6.45) is -4.90. The Morgan fingerprint density at radius 3 is 2.55 bits per heavy atom. The van der Waals surface area contributed by atoms with Crippen LogP contribution in [-0.4, -0.2) is 31.7 Å². The molecule has 0 bridgehead atoms. The SMILES string of the molecule is COC(=O)c1cccc(C(C)CNC(=O)C(F)(F)F)c1. The zero-order valence-electron chi connectivity index (χ0n) is 11.0. The van der Waals surface area contributed by atoms with Crippen molar-refractivity contribution >= 4 is 11.9 Å². The van der Waals surface area contributed by atoms with Crippen molar-refractivity contribution in [1.82, 2.24) is 5.32 Å². The Bertz CT molecular complexity index is 500. The second-order valence-electron chi connectivity index (χ2n) is 4.23. The molecule has 1 aromatic carbocycles. The lowest BCUT2D eigenvalue weighted by Crippen LogP contribution is -2.38. The summed E-state index contributed by atoms with van der Waals surface area (Å²) >= 11 is 0. The van der Waals surface area contributed by atoms with Gasteiger partial charge in [0.05, 0.1) is 12.7 Å². The van der Waals surface area contributed by atoms with Crippen molar-refractivity contribution in [3.8, 4) is 0 Å². The summed E-state index contributed by atoms with van der Waals surface area (Å²) in [6, 6.07) is 6.33. The van der Waals surface area contributed by atoms with Gasteiger partial charge in [-0.05, 0) is 23.6 Å². The van der Waals surface area contributed by atoms with E-state index in [-0.39, 0.29) is 12.5 Å². The number of methoxy groups -OCH3 is 1. The van der Waals surface area contributed by atoms with Gasteiger partial charge in [0.2, 0.25) is 0 Å². The number of hydrogen-bond donors (Lipinski definition) is 1. The largest absolute Gasteiger partial charge is 0.471 e. The third-order valence-electron chi connectivity index (χ3n) is 2.70. The smallest absolute Gasteiger partial charge is 0.465 e. The number of carbonyl (C=O) groups is 2. The standard InChI is InChI=1S/C13H14F3NO3/c1-8(7-17-12(19)13(14,15)16)9-4-3-5-10(6-9)11(18)20-2/h3-6,8H,7H2,1-2H3,(H,17,19). The molecule has 20 heavy (non-hydrogen) atoms. The minimum atomic E-state index is -4.90. The van der Waals surface area contributed by atoms with Crippen LogP contribution >= 0.6 is 0 Å². The Labute approximate surface area is 113 Å². The number of alkyl halides is 3. The first kappa shape index (κ1) is 16.0. The molecule has 0 saturated carbocycles. The van der Waals surface area contributed by atoms with Gasteiger partial charge in [0.1, 0.15) is 0 Å². The van der Waals surface area contributed by atoms with Gasteiger partial charge in [0, 0.05) is 6.54 Å². The Morgan fingerprint density at radius 1 is 1.35 bits per heavy atom. The van der Waals surface area contributed by atoms with Crippen molar-refractivity contribution < 1.29 is 27.5 Å². The van der Waals surface area contributed by atoms with E-state index in [0.29, 0.717) is 11.1 Å². The van der Waals surface area contributed by atoms with Crippen LogP contribution in [0.4, 0.5) is 13.2 Å². The summed E-state index contributed by atoms with van der Waals surface area (Å²) in [6.45, 7) is 1.47. The quantitative estimate of drug-likeness (QED) is 0.865. The highest BCUT2D eigenvalue weighted by Crippen LogP contribution is 2.18. The number of benzene rings is 1. The van der Waals surface area contributed by atoms with Crippen LogP contribution < -0.4 is 5.32 Å². The van der Waals surface area contributed by atoms with Gasteiger partial charge in [-0.3, -0.25) is 4.79 Å². The van der Waals surface area contributed by atoms with Gasteiger partial charge in [-0.2, -0.15) is 13.2 Å². The van der Waals surface area contributed by atoms with Crippen molar-refractivity contribution in [1.29, 1.82) is 0 Å². The zero-order chi connectivity index (χ0) is 15.3. The summed E-state index contributed by atoms with van der Waals surface area (Å²) in [5, 5.41) is 1.80. The Morgan fingerprint density at radius 2 is 2.00 bits per heavy atom. The van der Waals surface area contributed by atoms with Gasteiger partial charge in [-0.1, -0.05) is 19.1 Å². The van der Waals surface area contributed by atoms with Crippen molar-refractivity contribution in [3.05, 3.63) is 35.4 Å². The third-order valence-corrected chi connectivity index (χ3v) is 2.70. The molecule has 0 aliphatic rings.